The van der Waals surface area contributed by atoms with Crippen molar-refractivity contribution in [3.05, 3.63) is 36.3 Å². The highest BCUT2D eigenvalue weighted by molar-refractivity contribution is 6.17. The Hall–Kier alpha value is -2.14. The van der Waals surface area contributed by atoms with E-state index in [1.54, 1.807) is 13.1 Å². The topological polar surface area (TPSA) is 57.0 Å². The fraction of sp³-hybridized carbons (Fsp3) is 0.353. The summed E-state index contributed by atoms with van der Waals surface area (Å²) < 4.78 is 7.10. The average molecular weight is 332 g/mol. The third kappa shape index (κ3) is 2.88. The maximum atomic E-state index is 11.8. The molecule has 0 fully saturated rings. The van der Waals surface area contributed by atoms with Crippen LogP contribution in [0.15, 0.2) is 30.5 Å². The van der Waals surface area contributed by atoms with E-state index in [1.807, 2.05) is 35.8 Å². The van der Waals surface area contributed by atoms with Crippen molar-refractivity contribution >= 4 is 39.5 Å². The van der Waals surface area contributed by atoms with Crippen LogP contribution in [0.5, 0.6) is 0 Å². The number of esters is 1. The van der Waals surface area contributed by atoms with E-state index in [-0.39, 0.29) is 24.3 Å². The van der Waals surface area contributed by atoms with Crippen LogP contribution in [0, 0.1) is 0 Å². The zero-order valence-electron chi connectivity index (χ0n) is 13.1. The summed E-state index contributed by atoms with van der Waals surface area (Å²) in [6, 6.07) is 7.79. The number of fused-ring (bicyclic) bond motifs is 3. The molecule has 1 atom stereocenters. The third-order valence-electron chi connectivity index (χ3n) is 3.82. The maximum Gasteiger partial charge on any atom is 0.307 e. The first-order chi connectivity index (χ1) is 11.2. The standard InChI is InChI=1S/C17H18ClN3O2/c1-3-23-16(22)8-11(2)21-15(9-18)20-14-10-19-13-7-5-4-6-12(13)17(14)21/h4-7,10-11H,3,8-9H2,1-2H3. The Bertz CT molecular complexity index is 860. The van der Waals surface area contributed by atoms with E-state index in [4.69, 9.17) is 16.3 Å². The summed E-state index contributed by atoms with van der Waals surface area (Å²) in [5.74, 6) is 0.785. The van der Waals surface area contributed by atoms with Crippen LogP contribution in [0.2, 0.25) is 0 Å². The number of imidazole rings is 1. The number of hydrogen-bond donors (Lipinski definition) is 0. The third-order valence-corrected chi connectivity index (χ3v) is 4.06. The number of hydrogen-bond acceptors (Lipinski definition) is 4. The first-order valence-corrected chi connectivity index (χ1v) is 8.15. The molecule has 0 spiro atoms. The van der Waals surface area contributed by atoms with Gasteiger partial charge in [0, 0.05) is 11.4 Å². The molecule has 6 heteroatoms. The molecule has 2 heterocycles. The van der Waals surface area contributed by atoms with E-state index in [2.05, 4.69) is 9.97 Å². The second kappa shape index (κ2) is 6.54. The number of pyridine rings is 1. The summed E-state index contributed by atoms with van der Waals surface area (Å²) in [7, 11) is 0. The lowest BCUT2D eigenvalue weighted by atomic mass is 10.1. The van der Waals surface area contributed by atoms with E-state index >= 15 is 0 Å². The normalized spacial score (nSPS) is 12.7. The van der Waals surface area contributed by atoms with Gasteiger partial charge in [-0.05, 0) is 19.9 Å². The molecule has 0 saturated carbocycles. The van der Waals surface area contributed by atoms with Gasteiger partial charge in [-0.15, -0.1) is 11.6 Å². The molecule has 0 bridgehead atoms. The van der Waals surface area contributed by atoms with Crippen LogP contribution < -0.4 is 0 Å². The van der Waals surface area contributed by atoms with E-state index in [1.165, 1.54) is 0 Å². The van der Waals surface area contributed by atoms with Crippen molar-refractivity contribution in [3.8, 4) is 0 Å². The second-order valence-corrected chi connectivity index (χ2v) is 5.67. The molecule has 1 unspecified atom stereocenters. The van der Waals surface area contributed by atoms with Gasteiger partial charge in [-0.25, -0.2) is 4.98 Å². The molecule has 0 radical (unpaired) electrons. The van der Waals surface area contributed by atoms with Crippen molar-refractivity contribution in [2.75, 3.05) is 6.61 Å². The smallest absolute Gasteiger partial charge is 0.307 e. The van der Waals surface area contributed by atoms with Gasteiger partial charge in [0.2, 0.25) is 0 Å². The minimum Gasteiger partial charge on any atom is -0.466 e. The molecule has 120 valence electrons. The molecule has 0 aliphatic heterocycles. The predicted octanol–water partition coefficient (Wildman–Crippen LogP) is 3.84. The summed E-state index contributed by atoms with van der Waals surface area (Å²) in [4.78, 5) is 20.9. The van der Waals surface area contributed by atoms with Crippen molar-refractivity contribution < 1.29 is 9.53 Å². The fourth-order valence-electron chi connectivity index (χ4n) is 2.89. The first kappa shape index (κ1) is 15.7. The Morgan fingerprint density at radius 1 is 1.35 bits per heavy atom. The summed E-state index contributed by atoms with van der Waals surface area (Å²) in [6.07, 6.45) is 2.03. The zero-order chi connectivity index (χ0) is 16.4. The van der Waals surface area contributed by atoms with E-state index in [0.29, 0.717) is 6.61 Å². The Morgan fingerprint density at radius 3 is 2.87 bits per heavy atom. The van der Waals surface area contributed by atoms with Crippen molar-refractivity contribution in [1.82, 2.24) is 14.5 Å². The number of benzene rings is 1. The summed E-state index contributed by atoms with van der Waals surface area (Å²) >= 11 is 6.08. The Kier molecular flexibility index (Phi) is 4.48. The number of carbonyl (C=O) groups excluding carboxylic acids is 1. The number of ether oxygens (including phenoxy) is 1. The molecule has 2 aromatic heterocycles. The van der Waals surface area contributed by atoms with Gasteiger partial charge < -0.3 is 9.30 Å². The highest BCUT2D eigenvalue weighted by Gasteiger charge is 2.20. The summed E-state index contributed by atoms with van der Waals surface area (Å²) in [6.45, 7) is 4.16. The number of carbonyl (C=O) groups is 1. The molecule has 0 aliphatic carbocycles. The van der Waals surface area contributed by atoms with Gasteiger partial charge >= 0.3 is 5.97 Å². The van der Waals surface area contributed by atoms with E-state index < -0.39 is 0 Å². The molecule has 0 N–H and O–H groups in total. The Morgan fingerprint density at radius 2 is 2.13 bits per heavy atom. The van der Waals surface area contributed by atoms with Gasteiger partial charge in [-0.3, -0.25) is 9.78 Å². The molecule has 5 nitrogen and oxygen atoms in total. The van der Waals surface area contributed by atoms with Gasteiger partial charge in [0.05, 0.1) is 36.1 Å². The lowest BCUT2D eigenvalue weighted by molar-refractivity contribution is -0.143. The highest BCUT2D eigenvalue weighted by Crippen LogP contribution is 2.29. The van der Waals surface area contributed by atoms with Gasteiger partial charge in [0.15, 0.2) is 0 Å². The number of nitrogens with zero attached hydrogens (tertiary/aromatic N) is 3. The molecule has 3 aromatic rings. The van der Waals surface area contributed by atoms with Gasteiger partial charge in [-0.1, -0.05) is 18.2 Å². The van der Waals surface area contributed by atoms with E-state index in [9.17, 15) is 4.79 Å². The fourth-order valence-corrected chi connectivity index (χ4v) is 3.08. The number of rotatable bonds is 5. The number of halogens is 1. The number of para-hydroxylation sites is 1. The molecule has 0 aliphatic rings. The lowest BCUT2D eigenvalue weighted by Crippen LogP contribution is -2.15. The predicted molar refractivity (Wildman–Crippen MR) is 90.6 cm³/mol. The van der Waals surface area contributed by atoms with Crippen molar-refractivity contribution in [1.29, 1.82) is 0 Å². The van der Waals surface area contributed by atoms with Crippen LogP contribution in [0.4, 0.5) is 0 Å². The van der Waals surface area contributed by atoms with Gasteiger partial charge in [0.1, 0.15) is 11.3 Å². The minimum atomic E-state index is -0.222. The monoisotopic (exact) mass is 331 g/mol. The van der Waals surface area contributed by atoms with Gasteiger partial charge in [-0.2, -0.15) is 0 Å². The minimum absolute atomic E-state index is 0.0985. The average Bonchev–Trinajstić information content (AvgIpc) is 2.94. The van der Waals surface area contributed by atoms with Crippen LogP contribution in [0.25, 0.3) is 21.9 Å². The Balaban J connectivity index is 2.17. The Labute approximate surface area is 139 Å². The zero-order valence-corrected chi connectivity index (χ0v) is 13.9. The molecule has 1 aromatic carbocycles. The molecule has 0 saturated heterocycles. The van der Waals surface area contributed by atoms with Crippen LogP contribution in [-0.4, -0.2) is 27.1 Å². The van der Waals surface area contributed by atoms with Gasteiger partial charge in [0.25, 0.3) is 0 Å². The lowest BCUT2D eigenvalue weighted by Gasteiger charge is -2.17. The molecule has 3 rings (SSSR count). The summed E-state index contributed by atoms with van der Waals surface area (Å²) in [5, 5.41) is 1.00. The summed E-state index contributed by atoms with van der Waals surface area (Å²) in [5.41, 5.74) is 2.64. The number of aromatic nitrogens is 3. The van der Waals surface area contributed by atoms with Crippen LogP contribution in [0.1, 0.15) is 32.1 Å². The molecular formula is C17H18ClN3O2. The highest BCUT2D eigenvalue weighted by atomic mass is 35.5. The van der Waals surface area contributed by atoms with Crippen molar-refractivity contribution in [2.45, 2.75) is 32.2 Å². The van der Waals surface area contributed by atoms with E-state index in [0.717, 1.165) is 27.8 Å². The molecular weight excluding hydrogens is 314 g/mol. The van der Waals surface area contributed by atoms with Crippen molar-refractivity contribution in [2.24, 2.45) is 0 Å². The van der Waals surface area contributed by atoms with Crippen LogP contribution >= 0.6 is 11.6 Å². The maximum absolute atomic E-state index is 11.8. The van der Waals surface area contributed by atoms with Crippen LogP contribution in [-0.2, 0) is 15.4 Å². The first-order valence-electron chi connectivity index (χ1n) is 7.61. The second-order valence-electron chi connectivity index (χ2n) is 5.40. The molecule has 23 heavy (non-hydrogen) atoms. The quantitative estimate of drug-likeness (QED) is 0.526. The SMILES string of the molecule is CCOC(=O)CC(C)n1c(CCl)nc2cnc3ccccc3c21. The number of alkyl halides is 1. The van der Waals surface area contributed by atoms with Crippen LogP contribution in [0.3, 0.4) is 0 Å². The van der Waals surface area contributed by atoms with Crippen molar-refractivity contribution in [3.63, 3.8) is 0 Å². The molecule has 0 amide bonds. The largest absolute Gasteiger partial charge is 0.466 e.